The number of carbonyl (C=O) groups excluding carboxylic acids is 3. The second-order valence-corrected chi connectivity index (χ2v) is 8.31. The fourth-order valence-electron chi connectivity index (χ4n) is 2.99. The number of benzene rings is 1. The molecule has 0 atom stereocenters. The first kappa shape index (κ1) is 33.2. The van der Waals surface area contributed by atoms with Gasteiger partial charge in [0.25, 0.3) is 0 Å². The van der Waals surface area contributed by atoms with Crippen LogP contribution in [0.5, 0.6) is 5.75 Å². The first-order valence-electron chi connectivity index (χ1n) is 12.6. The van der Waals surface area contributed by atoms with Gasteiger partial charge < -0.3 is 19.9 Å². The first-order valence-corrected chi connectivity index (χ1v) is 12.6. The van der Waals surface area contributed by atoms with Gasteiger partial charge in [0.2, 0.25) is 0 Å². The molecule has 0 saturated carbocycles. The number of hydrogen-bond acceptors (Lipinski definition) is 8. The van der Waals surface area contributed by atoms with E-state index in [0.29, 0.717) is 28.8 Å². The number of ketones is 1. The molecule has 9 heteroatoms. The van der Waals surface area contributed by atoms with E-state index in [0.717, 1.165) is 0 Å². The summed E-state index contributed by atoms with van der Waals surface area (Å²) in [5, 5.41) is 21.2. The summed E-state index contributed by atoms with van der Waals surface area (Å²) in [6.07, 6.45) is 15.2. The predicted octanol–water partition coefficient (Wildman–Crippen LogP) is 6.91. The SMILES string of the molecule is C=CC=CC(=CC)C(=O)c1cc(/N=N/C(C=CC)=CC=CCCOC(=O)NCCOC(=O)C(=C)C)c(O)cc1C. The van der Waals surface area contributed by atoms with Crippen LogP contribution in [-0.2, 0) is 14.3 Å². The first-order chi connectivity index (χ1) is 19.1. The summed E-state index contributed by atoms with van der Waals surface area (Å²) in [4.78, 5) is 35.9. The highest BCUT2D eigenvalue weighted by Crippen LogP contribution is 2.32. The number of nitrogens with one attached hydrogen (secondary N) is 1. The average molecular weight is 548 g/mol. The summed E-state index contributed by atoms with van der Waals surface area (Å²) in [6, 6.07) is 2.99. The molecule has 0 aliphatic carbocycles. The molecule has 212 valence electrons. The quantitative estimate of drug-likeness (QED) is 0.0614. The van der Waals surface area contributed by atoms with Gasteiger partial charge >= 0.3 is 12.1 Å². The lowest BCUT2D eigenvalue weighted by Crippen LogP contribution is -2.28. The molecule has 1 aromatic carbocycles. The van der Waals surface area contributed by atoms with Crippen LogP contribution in [-0.4, -0.2) is 42.7 Å². The number of carbonyl (C=O) groups is 3. The molecular weight excluding hydrogens is 510 g/mol. The second-order valence-electron chi connectivity index (χ2n) is 8.31. The molecule has 0 heterocycles. The summed E-state index contributed by atoms with van der Waals surface area (Å²) >= 11 is 0. The number of amides is 1. The summed E-state index contributed by atoms with van der Waals surface area (Å²) < 4.78 is 9.92. The van der Waals surface area contributed by atoms with Crippen LogP contribution in [0.3, 0.4) is 0 Å². The van der Waals surface area contributed by atoms with Gasteiger partial charge in [-0.1, -0.05) is 55.7 Å². The Hall–Kier alpha value is -4.79. The van der Waals surface area contributed by atoms with Crippen molar-refractivity contribution >= 4 is 23.5 Å². The van der Waals surface area contributed by atoms with E-state index in [-0.39, 0.29) is 42.6 Å². The van der Waals surface area contributed by atoms with Crippen molar-refractivity contribution in [1.29, 1.82) is 0 Å². The Balaban J connectivity index is 2.78. The van der Waals surface area contributed by atoms with E-state index >= 15 is 0 Å². The number of phenols is 1. The number of ether oxygens (including phenoxy) is 2. The number of alkyl carbamates (subject to hydrolysis) is 1. The Morgan fingerprint density at radius 2 is 1.85 bits per heavy atom. The molecule has 9 nitrogen and oxygen atoms in total. The summed E-state index contributed by atoms with van der Waals surface area (Å²) in [5.41, 5.74) is 2.45. The van der Waals surface area contributed by atoms with Crippen LogP contribution in [0.25, 0.3) is 0 Å². The van der Waals surface area contributed by atoms with Crippen LogP contribution in [0.2, 0.25) is 0 Å². The van der Waals surface area contributed by atoms with Crippen molar-refractivity contribution in [3.8, 4) is 5.75 Å². The van der Waals surface area contributed by atoms with Crippen LogP contribution in [0, 0.1) is 6.92 Å². The van der Waals surface area contributed by atoms with Crippen molar-refractivity contribution in [3.63, 3.8) is 0 Å². The van der Waals surface area contributed by atoms with Crippen molar-refractivity contribution in [2.45, 2.75) is 34.1 Å². The van der Waals surface area contributed by atoms with E-state index in [4.69, 9.17) is 9.47 Å². The minimum atomic E-state index is -0.618. The lowest BCUT2D eigenvalue weighted by Gasteiger charge is -2.08. The molecule has 0 aromatic heterocycles. The number of aryl methyl sites for hydroxylation is 1. The summed E-state index contributed by atoms with van der Waals surface area (Å²) in [7, 11) is 0. The zero-order chi connectivity index (χ0) is 29.9. The molecule has 0 saturated heterocycles. The Morgan fingerprint density at radius 1 is 1.10 bits per heavy atom. The lowest BCUT2D eigenvalue weighted by atomic mass is 9.97. The average Bonchev–Trinajstić information content (AvgIpc) is 2.92. The minimum Gasteiger partial charge on any atom is -0.506 e. The van der Waals surface area contributed by atoms with Gasteiger partial charge in [0.1, 0.15) is 18.0 Å². The van der Waals surface area contributed by atoms with E-state index in [1.54, 1.807) is 68.5 Å². The van der Waals surface area contributed by atoms with E-state index in [9.17, 15) is 19.5 Å². The van der Waals surface area contributed by atoms with Crippen molar-refractivity contribution in [1.82, 2.24) is 5.32 Å². The molecule has 0 bridgehead atoms. The highest BCUT2D eigenvalue weighted by molar-refractivity contribution is 6.12. The Morgan fingerprint density at radius 3 is 2.50 bits per heavy atom. The maximum Gasteiger partial charge on any atom is 0.407 e. The Labute approximate surface area is 235 Å². The standard InChI is InChI=1S/C31H37N3O6/c1-7-10-15-24(9-3)29(36)26-21-27(28(35)20-23(26)6)34-33-25(14-8-2)16-12-11-13-18-40-31(38)32-17-19-39-30(37)22(4)5/h7-12,14-16,20-21,35H,1,4,13,17-19H2,2-3,5-6H3,(H,32,38)/b12-11?,14-8?,15-10?,24-9?,25-16?,34-33+. The molecule has 0 aliphatic rings. The summed E-state index contributed by atoms with van der Waals surface area (Å²) in [5.74, 6) is -0.818. The van der Waals surface area contributed by atoms with Crippen LogP contribution < -0.4 is 5.32 Å². The summed E-state index contributed by atoms with van der Waals surface area (Å²) in [6.45, 7) is 14.3. The van der Waals surface area contributed by atoms with Gasteiger partial charge in [0.15, 0.2) is 5.78 Å². The van der Waals surface area contributed by atoms with Gasteiger partial charge in [-0.2, -0.15) is 5.11 Å². The van der Waals surface area contributed by atoms with E-state index in [1.165, 1.54) is 19.1 Å². The van der Waals surface area contributed by atoms with Gasteiger partial charge in [-0.25, -0.2) is 9.59 Å². The van der Waals surface area contributed by atoms with Crippen LogP contribution >= 0.6 is 0 Å². The highest BCUT2D eigenvalue weighted by Gasteiger charge is 2.15. The number of esters is 1. The van der Waals surface area contributed by atoms with Crippen molar-refractivity contribution < 1.29 is 29.0 Å². The van der Waals surface area contributed by atoms with E-state index in [2.05, 4.69) is 28.7 Å². The van der Waals surface area contributed by atoms with Crippen molar-refractivity contribution in [3.05, 3.63) is 108 Å². The fraction of sp³-hybridized carbons (Fsp3) is 0.258. The third-order valence-corrected chi connectivity index (χ3v) is 5.04. The molecule has 40 heavy (non-hydrogen) atoms. The fourth-order valence-corrected chi connectivity index (χ4v) is 2.99. The lowest BCUT2D eigenvalue weighted by molar-refractivity contribution is -0.138. The number of allylic oxidation sites excluding steroid dienone is 9. The van der Waals surface area contributed by atoms with Gasteiger partial charge in [0.05, 0.1) is 18.8 Å². The van der Waals surface area contributed by atoms with Crippen LogP contribution in [0.1, 0.15) is 43.1 Å². The monoisotopic (exact) mass is 547 g/mol. The number of phenolic OH excluding ortho intramolecular Hbond substituents is 1. The van der Waals surface area contributed by atoms with Gasteiger partial charge in [-0.3, -0.25) is 4.79 Å². The molecule has 1 rings (SSSR count). The highest BCUT2D eigenvalue weighted by atomic mass is 16.6. The predicted molar refractivity (Wildman–Crippen MR) is 157 cm³/mol. The van der Waals surface area contributed by atoms with Gasteiger partial charge in [-0.05, 0) is 64.0 Å². The zero-order valence-corrected chi connectivity index (χ0v) is 23.5. The van der Waals surface area contributed by atoms with Crippen molar-refractivity contribution in [2.24, 2.45) is 10.2 Å². The Bertz CT molecular complexity index is 1270. The molecule has 1 aromatic rings. The smallest absolute Gasteiger partial charge is 0.407 e. The zero-order valence-electron chi connectivity index (χ0n) is 23.5. The van der Waals surface area contributed by atoms with Gasteiger partial charge in [0, 0.05) is 16.7 Å². The molecule has 0 radical (unpaired) electrons. The molecule has 1 amide bonds. The maximum atomic E-state index is 13.0. The van der Waals surface area contributed by atoms with Gasteiger partial charge in [-0.15, -0.1) is 5.11 Å². The number of nitrogens with zero attached hydrogens (tertiary/aromatic N) is 2. The third kappa shape index (κ3) is 12.2. The van der Waals surface area contributed by atoms with E-state index in [1.807, 2.05) is 6.92 Å². The second kappa shape index (κ2) is 18.5. The molecule has 0 fully saturated rings. The number of Topliss-reactive ketones (excluding diaryl/α,β-unsaturated/α-hetero) is 1. The number of azo groups is 1. The number of rotatable bonds is 15. The number of aromatic hydroxyl groups is 1. The Kier molecular flexibility index (Phi) is 15.3. The van der Waals surface area contributed by atoms with E-state index < -0.39 is 12.1 Å². The normalized spacial score (nSPS) is 12.4. The van der Waals surface area contributed by atoms with Crippen LogP contribution in [0.15, 0.2) is 107 Å². The third-order valence-electron chi connectivity index (χ3n) is 5.04. The molecule has 0 spiro atoms. The van der Waals surface area contributed by atoms with Crippen molar-refractivity contribution in [2.75, 3.05) is 19.8 Å². The molecule has 2 N–H and O–H groups in total. The molecular formula is C31H37N3O6. The maximum absolute atomic E-state index is 13.0. The topological polar surface area (TPSA) is 127 Å². The largest absolute Gasteiger partial charge is 0.506 e. The van der Waals surface area contributed by atoms with Crippen LogP contribution in [0.4, 0.5) is 10.5 Å². The number of hydrogen-bond donors (Lipinski definition) is 2. The molecule has 0 unspecified atom stereocenters. The molecule has 0 aliphatic heterocycles. The minimum absolute atomic E-state index is 0.0235.